The van der Waals surface area contributed by atoms with Crippen LogP contribution in [0.4, 0.5) is 0 Å². The lowest BCUT2D eigenvalue weighted by Gasteiger charge is -2.21. The number of methoxy groups -OCH3 is 1. The van der Waals surface area contributed by atoms with Gasteiger partial charge in [0.15, 0.2) is 0 Å². The van der Waals surface area contributed by atoms with Crippen LogP contribution in [0.15, 0.2) is 36.5 Å². The van der Waals surface area contributed by atoms with E-state index in [1.165, 1.54) is 0 Å². The fourth-order valence-electron chi connectivity index (χ4n) is 2.28. The molecule has 21 heavy (non-hydrogen) atoms. The van der Waals surface area contributed by atoms with Crippen LogP contribution >= 0.6 is 11.6 Å². The highest BCUT2D eigenvalue weighted by atomic mass is 35.5. The van der Waals surface area contributed by atoms with Gasteiger partial charge in [0, 0.05) is 16.8 Å². The lowest BCUT2D eigenvalue weighted by atomic mass is 9.98. The second-order valence-corrected chi connectivity index (χ2v) is 5.40. The Kier molecular flexibility index (Phi) is 5.59. The number of benzene rings is 1. The zero-order valence-electron chi connectivity index (χ0n) is 12.7. The Morgan fingerprint density at radius 1 is 1.33 bits per heavy atom. The Morgan fingerprint density at radius 2 is 2.14 bits per heavy atom. The van der Waals surface area contributed by atoms with Gasteiger partial charge in [-0.2, -0.15) is 0 Å². The highest BCUT2D eigenvalue weighted by Crippen LogP contribution is 2.30. The molecule has 1 aromatic heterocycles. The van der Waals surface area contributed by atoms with E-state index in [1.54, 1.807) is 13.3 Å². The number of aromatic nitrogens is 1. The summed E-state index contributed by atoms with van der Waals surface area (Å²) in [5.74, 6) is 0.641. The summed E-state index contributed by atoms with van der Waals surface area (Å²) in [6, 6.07) is 10.1. The molecule has 0 spiro atoms. The van der Waals surface area contributed by atoms with Gasteiger partial charge in [0.2, 0.25) is 5.88 Å². The Balaban J connectivity index is 2.44. The van der Waals surface area contributed by atoms with Gasteiger partial charge in [-0.05, 0) is 43.1 Å². The molecule has 0 saturated heterocycles. The van der Waals surface area contributed by atoms with Crippen molar-refractivity contribution < 1.29 is 4.74 Å². The van der Waals surface area contributed by atoms with Crippen molar-refractivity contribution in [2.75, 3.05) is 13.7 Å². The molecule has 1 atom stereocenters. The van der Waals surface area contributed by atoms with E-state index in [2.05, 4.69) is 23.3 Å². The van der Waals surface area contributed by atoms with Crippen LogP contribution in [0.5, 0.6) is 5.88 Å². The maximum atomic E-state index is 6.28. The first-order chi connectivity index (χ1) is 10.2. The van der Waals surface area contributed by atoms with Gasteiger partial charge in [0.1, 0.15) is 0 Å². The molecule has 1 aromatic carbocycles. The standard InChI is InChI=1S/C17H21ClN2O/c1-4-9-19-16(13-8-7-12(2)15(18)11-13)14-6-5-10-20-17(14)21-3/h5-8,10-11,16,19H,4,9H2,1-3H3. The molecule has 0 saturated carbocycles. The average Bonchev–Trinajstić information content (AvgIpc) is 2.51. The summed E-state index contributed by atoms with van der Waals surface area (Å²) in [6.07, 6.45) is 2.79. The smallest absolute Gasteiger partial charge is 0.218 e. The molecule has 3 nitrogen and oxygen atoms in total. The minimum absolute atomic E-state index is 0.0201. The van der Waals surface area contributed by atoms with Gasteiger partial charge in [0.25, 0.3) is 0 Å². The first kappa shape index (κ1) is 15.8. The van der Waals surface area contributed by atoms with E-state index < -0.39 is 0 Å². The third kappa shape index (κ3) is 3.74. The molecule has 112 valence electrons. The maximum Gasteiger partial charge on any atom is 0.218 e. The molecule has 2 rings (SSSR count). The molecule has 0 radical (unpaired) electrons. The third-order valence-electron chi connectivity index (χ3n) is 3.43. The van der Waals surface area contributed by atoms with Crippen LogP contribution in [0.1, 0.15) is 36.1 Å². The number of nitrogens with one attached hydrogen (secondary N) is 1. The van der Waals surface area contributed by atoms with Crippen molar-refractivity contribution in [3.8, 4) is 5.88 Å². The summed E-state index contributed by atoms with van der Waals surface area (Å²) in [5.41, 5.74) is 3.21. The molecule has 1 N–H and O–H groups in total. The molecule has 0 amide bonds. The summed E-state index contributed by atoms with van der Waals surface area (Å²) in [5, 5.41) is 4.32. The van der Waals surface area contributed by atoms with E-state index in [4.69, 9.17) is 16.3 Å². The quantitative estimate of drug-likeness (QED) is 0.871. The van der Waals surface area contributed by atoms with Crippen molar-refractivity contribution in [3.05, 3.63) is 58.2 Å². The number of hydrogen-bond donors (Lipinski definition) is 1. The Hall–Kier alpha value is -1.58. The maximum absolute atomic E-state index is 6.28. The highest BCUT2D eigenvalue weighted by molar-refractivity contribution is 6.31. The van der Waals surface area contributed by atoms with Crippen LogP contribution in [0.3, 0.4) is 0 Å². The molecule has 0 aliphatic rings. The predicted molar refractivity (Wildman–Crippen MR) is 87.1 cm³/mol. The van der Waals surface area contributed by atoms with Crippen LogP contribution < -0.4 is 10.1 Å². The number of nitrogens with zero attached hydrogens (tertiary/aromatic N) is 1. The molecule has 0 bridgehead atoms. The van der Waals surface area contributed by atoms with Crippen molar-refractivity contribution in [2.24, 2.45) is 0 Å². The fourth-order valence-corrected chi connectivity index (χ4v) is 2.47. The second kappa shape index (κ2) is 7.43. The zero-order valence-corrected chi connectivity index (χ0v) is 13.4. The SMILES string of the molecule is CCCNC(c1ccc(C)c(Cl)c1)c1cccnc1OC. The molecule has 2 aromatic rings. The Labute approximate surface area is 131 Å². The number of ether oxygens (including phenoxy) is 1. The zero-order chi connectivity index (χ0) is 15.2. The van der Waals surface area contributed by atoms with Gasteiger partial charge in [0.05, 0.1) is 13.2 Å². The van der Waals surface area contributed by atoms with Crippen molar-refractivity contribution in [3.63, 3.8) is 0 Å². The molecular weight excluding hydrogens is 284 g/mol. The van der Waals surface area contributed by atoms with Crippen LogP contribution in [0.2, 0.25) is 5.02 Å². The molecule has 0 fully saturated rings. The number of aryl methyl sites for hydroxylation is 1. The molecular formula is C17H21ClN2O. The molecule has 1 unspecified atom stereocenters. The summed E-state index contributed by atoms with van der Waals surface area (Å²) in [4.78, 5) is 4.30. The van der Waals surface area contributed by atoms with Crippen molar-refractivity contribution in [2.45, 2.75) is 26.3 Å². The first-order valence-corrected chi connectivity index (χ1v) is 7.53. The number of halogens is 1. The third-order valence-corrected chi connectivity index (χ3v) is 3.84. The van der Waals surface area contributed by atoms with Gasteiger partial charge < -0.3 is 10.1 Å². The van der Waals surface area contributed by atoms with Crippen LogP contribution in [-0.4, -0.2) is 18.6 Å². The van der Waals surface area contributed by atoms with Crippen LogP contribution in [0, 0.1) is 6.92 Å². The van der Waals surface area contributed by atoms with Crippen LogP contribution in [-0.2, 0) is 0 Å². The minimum atomic E-state index is 0.0201. The van der Waals surface area contributed by atoms with Gasteiger partial charge in [-0.25, -0.2) is 4.98 Å². The topological polar surface area (TPSA) is 34.2 Å². The number of pyridine rings is 1. The van der Waals surface area contributed by atoms with Crippen LogP contribution in [0.25, 0.3) is 0 Å². The normalized spacial score (nSPS) is 12.2. The largest absolute Gasteiger partial charge is 0.481 e. The van der Waals surface area contributed by atoms with E-state index >= 15 is 0 Å². The molecule has 1 heterocycles. The Morgan fingerprint density at radius 3 is 2.81 bits per heavy atom. The lowest BCUT2D eigenvalue weighted by molar-refractivity contribution is 0.387. The molecule has 0 aliphatic heterocycles. The molecule has 0 aliphatic carbocycles. The van der Waals surface area contributed by atoms with Crippen molar-refractivity contribution in [1.29, 1.82) is 0 Å². The van der Waals surface area contributed by atoms with Crippen molar-refractivity contribution >= 4 is 11.6 Å². The van der Waals surface area contributed by atoms with E-state index in [0.717, 1.165) is 34.7 Å². The monoisotopic (exact) mass is 304 g/mol. The number of rotatable bonds is 6. The minimum Gasteiger partial charge on any atom is -0.481 e. The highest BCUT2D eigenvalue weighted by Gasteiger charge is 2.18. The van der Waals surface area contributed by atoms with Gasteiger partial charge in [-0.3, -0.25) is 0 Å². The second-order valence-electron chi connectivity index (χ2n) is 5.00. The summed E-state index contributed by atoms with van der Waals surface area (Å²) >= 11 is 6.28. The summed E-state index contributed by atoms with van der Waals surface area (Å²) < 4.78 is 5.40. The van der Waals surface area contributed by atoms with Crippen molar-refractivity contribution in [1.82, 2.24) is 10.3 Å². The predicted octanol–water partition coefficient (Wildman–Crippen LogP) is 4.14. The average molecular weight is 305 g/mol. The first-order valence-electron chi connectivity index (χ1n) is 7.15. The summed E-state index contributed by atoms with van der Waals surface area (Å²) in [6.45, 7) is 5.06. The number of hydrogen-bond acceptors (Lipinski definition) is 3. The van der Waals surface area contributed by atoms with Gasteiger partial charge in [-0.1, -0.05) is 36.7 Å². The van der Waals surface area contributed by atoms with E-state index in [0.29, 0.717) is 5.88 Å². The van der Waals surface area contributed by atoms with E-state index in [9.17, 15) is 0 Å². The van der Waals surface area contributed by atoms with Gasteiger partial charge in [-0.15, -0.1) is 0 Å². The Bertz CT molecular complexity index is 601. The lowest BCUT2D eigenvalue weighted by Crippen LogP contribution is -2.24. The fraction of sp³-hybridized carbons (Fsp3) is 0.353. The molecule has 4 heteroatoms. The van der Waals surface area contributed by atoms with E-state index in [1.807, 2.05) is 31.2 Å². The van der Waals surface area contributed by atoms with E-state index in [-0.39, 0.29) is 6.04 Å². The summed E-state index contributed by atoms with van der Waals surface area (Å²) in [7, 11) is 1.64. The van der Waals surface area contributed by atoms with Gasteiger partial charge >= 0.3 is 0 Å².